The molecule has 1 aromatic rings. The Balaban J connectivity index is 2.83. The number of Topliss-reactive ketones (excluding diaryl/α,β-unsaturated/α-hetero) is 1. The van der Waals surface area contributed by atoms with Crippen molar-refractivity contribution >= 4 is 22.6 Å². The number of benzene rings is 1. The monoisotopic (exact) mass is 210 g/mol. The second-order valence-electron chi connectivity index (χ2n) is 3.02. The quantitative estimate of drug-likeness (QED) is 0.566. The van der Waals surface area contributed by atoms with Crippen molar-refractivity contribution in [1.82, 2.24) is 0 Å². The number of ketones is 1. The third kappa shape index (κ3) is 2.67. The van der Waals surface area contributed by atoms with E-state index in [0.717, 1.165) is 6.42 Å². The fraction of sp³-hybridized carbons (Fsp3) is 0.273. The highest BCUT2D eigenvalue weighted by Gasteiger charge is 2.05. The van der Waals surface area contributed by atoms with Crippen LogP contribution < -0.4 is 0 Å². The molecule has 0 aliphatic rings. The van der Waals surface area contributed by atoms with Gasteiger partial charge >= 0.3 is 0 Å². The average Bonchev–Trinajstić information content (AvgIpc) is 2.18. The largest absolute Gasteiger partial charge is 0.294 e. The number of hydrogen-bond acceptors (Lipinski definition) is 2. The van der Waals surface area contributed by atoms with Gasteiger partial charge < -0.3 is 0 Å². The number of carbonyl (C=O) groups excluding carboxylic acids is 2. The van der Waals surface area contributed by atoms with Gasteiger partial charge in [-0.3, -0.25) is 9.59 Å². The zero-order valence-corrected chi connectivity index (χ0v) is 8.67. The summed E-state index contributed by atoms with van der Waals surface area (Å²) in [5.74, 6) is 0.0982. The SMILES string of the molecule is CCCC(=O)c1ccc(C(=O)Cl)cc1. The number of rotatable bonds is 4. The molecule has 0 aliphatic carbocycles. The van der Waals surface area contributed by atoms with Crippen LogP contribution in [0.1, 0.15) is 40.5 Å². The molecule has 2 nitrogen and oxygen atoms in total. The lowest BCUT2D eigenvalue weighted by molar-refractivity contribution is 0.0980. The van der Waals surface area contributed by atoms with Crippen LogP contribution in [-0.4, -0.2) is 11.0 Å². The van der Waals surface area contributed by atoms with Crippen molar-refractivity contribution in [3.63, 3.8) is 0 Å². The maximum Gasteiger partial charge on any atom is 0.252 e. The standard InChI is InChI=1S/C11H11ClO2/c1-2-3-10(13)8-4-6-9(7-5-8)11(12)14/h4-7H,2-3H2,1H3. The topological polar surface area (TPSA) is 34.1 Å². The Hall–Kier alpha value is -1.15. The maximum absolute atomic E-state index is 11.4. The van der Waals surface area contributed by atoms with Crippen LogP contribution in [0.4, 0.5) is 0 Å². The second-order valence-corrected chi connectivity index (χ2v) is 3.37. The average molecular weight is 211 g/mol. The molecule has 1 aromatic carbocycles. The van der Waals surface area contributed by atoms with Gasteiger partial charge in [0.25, 0.3) is 5.24 Å². The number of hydrogen-bond donors (Lipinski definition) is 0. The summed E-state index contributed by atoms with van der Waals surface area (Å²) >= 11 is 5.27. The van der Waals surface area contributed by atoms with Crippen LogP contribution in [0, 0.1) is 0 Å². The molecule has 0 saturated heterocycles. The van der Waals surface area contributed by atoms with E-state index in [4.69, 9.17) is 11.6 Å². The summed E-state index contributed by atoms with van der Waals surface area (Å²) in [6, 6.07) is 6.40. The lowest BCUT2D eigenvalue weighted by Crippen LogP contribution is -1.98. The Morgan fingerprint density at radius 1 is 1.14 bits per heavy atom. The summed E-state index contributed by atoms with van der Waals surface area (Å²) < 4.78 is 0. The minimum Gasteiger partial charge on any atom is -0.294 e. The summed E-state index contributed by atoms with van der Waals surface area (Å²) in [6.07, 6.45) is 1.36. The predicted octanol–water partition coefficient (Wildman–Crippen LogP) is 3.05. The maximum atomic E-state index is 11.4. The predicted molar refractivity (Wildman–Crippen MR) is 55.9 cm³/mol. The minimum absolute atomic E-state index is 0.0982. The first-order chi connectivity index (χ1) is 6.65. The van der Waals surface area contributed by atoms with Crippen molar-refractivity contribution in [3.05, 3.63) is 35.4 Å². The Kier molecular flexibility index (Phi) is 3.84. The van der Waals surface area contributed by atoms with E-state index in [1.165, 1.54) is 0 Å². The molecule has 0 saturated carbocycles. The van der Waals surface area contributed by atoms with Gasteiger partial charge in [-0.15, -0.1) is 0 Å². The van der Waals surface area contributed by atoms with Crippen molar-refractivity contribution in [2.75, 3.05) is 0 Å². The molecule has 1 rings (SSSR count). The minimum atomic E-state index is -0.500. The van der Waals surface area contributed by atoms with Crippen molar-refractivity contribution in [2.45, 2.75) is 19.8 Å². The molecule has 3 heteroatoms. The molecule has 0 atom stereocenters. The van der Waals surface area contributed by atoms with E-state index in [2.05, 4.69) is 0 Å². The fourth-order valence-corrected chi connectivity index (χ4v) is 1.28. The molecular weight excluding hydrogens is 200 g/mol. The molecule has 74 valence electrons. The van der Waals surface area contributed by atoms with Crippen LogP contribution in [-0.2, 0) is 0 Å². The zero-order chi connectivity index (χ0) is 10.6. The molecule has 0 amide bonds. The summed E-state index contributed by atoms with van der Waals surface area (Å²) in [5, 5.41) is -0.500. The smallest absolute Gasteiger partial charge is 0.252 e. The van der Waals surface area contributed by atoms with Gasteiger partial charge in [-0.1, -0.05) is 19.1 Å². The van der Waals surface area contributed by atoms with Gasteiger partial charge in [0.15, 0.2) is 5.78 Å². The van der Waals surface area contributed by atoms with Crippen LogP contribution in [0.15, 0.2) is 24.3 Å². The molecule has 0 heterocycles. The lowest BCUT2D eigenvalue weighted by Gasteiger charge is -1.99. The molecule has 0 spiro atoms. The molecule has 0 radical (unpaired) electrons. The van der Waals surface area contributed by atoms with Gasteiger partial charge in [-0.25, -0.2) is 0 Å². The summed E-state index contributed by atoms with van der Waals surface area (Å²) in [4.78, 5) is 22.1. The Morgan fingerprint density at radius 3 is 2.07 bits per heavy atom. The van der Waals surface area contributed by atoms with Crippen LogP contribution in [0.3, 0.4) is 0 Å². The van der Waals surface area contributed by atoms with E-state index in [9.17, 15) is 9.59 Å². The highest BCUT2D eigenvalue weighted by molar-refractivity contribution is 6.67. The first kappa shape index (κ1) is 10.9. The Morgan fingerprint density at radius 2 is 1.64 bits per heavy atom. The molecule has 0 aliphatic heterocycles. The van der Waals surface area contributed by atoms with Gasteiger partial charge in [-0.2, -0.15) is 0 Å². The Bertz CT molecular complexity index is 341. The van der Waals surface area contributed by atoms with Crippen molar-refractivity contribution in [1.29, 1.82) is 0 Å². The van der Waals surface area contributed by atoms with Gasteiger partial charge in [0.05, 0.1) is 0 Å². The summed E-state index contributed by atoms with van der Waals surface area (Å²) in [7, 11) is 0. The first-order valence-electron chi connectivity index (χ1n) is 4.48. The molecule has 14 heavy (non-hydrogen) atoms. The number of carbonyl (C=O) groups is 2. The summed E-state index contributed by atoms with van der Waals surface area (Å²) in [6.45, 7) is 1.95. The normalized spacial score (nSPS) is 9.86. The van der Waals surface area contributed by atoms with E-state index < -0.39 is 5.24 Å². The fourth-order valence-electron chi connectivity index (χ4n) is 1.16. The van der Waals surface area contributed by atoms with E-state index in [0.29, 0.717) is 17.5 Å². The molecule has 0 N–H and O–H groups in total. The third-order valence-corrected chi connectivity index (χ3v) is 2.13. The van der Waals surface area contributed by atoms with Crippen LogP contribution in [0.2, 0.25) is 0 Å². The van der Waals surface area contributed by atoms with Gasteiger partial charge in [-0.05, 0) is 30.2 Å². The first-order valence-corrected chi connectivity index (χ1v) is 4.86. The highest BCUT2D eigenvalue weighted by Crippen LogP contribution is 2.09. The molecule has 0 unspecified atom stereocenters. The van der Waals surface area contributed by atoms with Crippen LogP contribution in [0.5, 0.6) is 0 Å². The number of halogens is 1. The molecule has 0 aromatic heterocycles. The van der Waals surface area contributed by atoms with Gasteiger partial charge in [0, 0.05) is 17.5 Å². The lowest BCUT2D eigenvalue weighted by atomic mass is 10.1. The molecule has 0 fully saturated rings. The molecular formula is C11H11ClO2. The Labute approximate surface area is 87.9 Å². The summed E-state index contributed by atoms with van der Waals surface area (Å²) in [5.41, 5.74) is 1.05. The van der Waals surface area contributed by atoms with Gasteiger partial charge in [0.1, 0.15) is 0 Å². The van der Waals surface area contributed by atoms with Crippen LogP contribution in [0.25, 0.3) is 0 Å². The van der Waals surface area contributed by atoms with Crippen molar-refractivity contribution in [2.24, 2.45) is 0 Å². The van der Waals surface area contributed by atoms with Gasteiger partial charge in [0.2, 0.25) is 0 Å². The van der Waals surface area contributed by atoms with E-state index >= 15 is 0 Å². The van der Waals surface area contributed by atoms with Crippen molar-refractivity contribution < 1.29 is 9.59 Å². The molecule has 0 bridgehead atoms. The second kappa shape index (κ2) is 4.91. The van der Waals surface area contributed by atoms with Crippen LogP contribution >= 0.6 is 11.6 Å². The van der Waals surface area contributed by atoms with Crippen molar-refractivity contribution in [3.8, 4) is 0 Å². The van der Waals surface area contributed by atoms with E-state index in [1.54, 1.807) is 24.3 Å². The zero-order valence-electron chi connectivity index (χ0n) is 7.92. The highest BCUT2D eigenvalue weighted by atomic mass is 35.5. The third-order valence-electron chi connectivity index (χ3n) is 1.91. The van der Waals surface area contributed by atoms with E-state index in [-0.39, 0.29) is 5.78 Å². The van der Waals surface area contributed by atoms with E-state index in [1.807, 2.05) is 6.92 Å².